The molecule has 0 radical (unpaired) electrons. The van der Waals surface area contributed by atoms with Crippen molar-refractivity contribution in [3.8, 4) is 23.0 Å². The number of benzene rings is 2. The van der Waals surface area contributed by atoms with E-state index in [2.05, 4.69) is 15.6 Å². The molecule has 164 valence electrons. The summed E-state index contributed by atoms with van der Waals surface area (Å²) in [5.41, 5.74) is 1.97. The summed E-state index contributed by atoms with van der Waals surface area (Å²) in [6, 6.07) is 11.3. The predicted octanol–water partition coefficient (Wildman–Crippen LogP) is 2.34. The third-order valence-corrected chi connectivity index (χ3v) is 4.28. The first kappa shape index (κ1) is 23.2. The van der Waals surface area contributed by atoms with Crippen LogP contribution in [0.5, 0.6) is 23.0 Å². The number of aliphatic hydroxyl groups excluding tert-OH is 1. The number of nitrogens with one attached hydrogen (secondary N) is 2. The Hall–Kier alpha value is -3.13. The first-order chi connectivity index (χ1) is 14.6. The Labute approximate surface area is 177 Å². The molecule has 2 aromatic carbocycles. The fourth-order valence-corrected chi connectivity index (χ4v) is 2.77. The van der Waals surface area contributed by atoms with Crippen molar-refractivity contribution >= 4 is 5.96 Å². The number of guanidine groups is 1. The van der Waals surface area contributed by atoms with Crippen LogP contribution >= 0.6 is 0 Å². The lowest BCUT2D eigenvalue weighted by molar-refractivity contribution is 0.196. The molecule has 2 rings (SSSR count). The van der Waals surface area contributed by atoms with E-state index in [0.717, 1.165) is 29.2 Å². The van der Waals surface area contributed by atoms with Crippen LogP contribution in [0.3, 0.4) is 0 Å². The molecule has 30 heavy (non-hydrogen) atoms. The van der Waals surface area contributed by atoms with Gasteiger partial charge < -0.3 is 34.7 Å². The zero-order valence-electron chi connectivity index (χ0n) is 18.0. The van der Waals surface area contributed by atoms with Crippen LogP contribution in [0.2, 0.25) is 0 Å². The Balaban J connectivity index is 2.07. The molecule has 0 aromatic heterocycles. The molecule has 0 atom stereocenters. The molecule has 0 spiro atoms. The highest BCUT2D eigenvalue weighted by Gasteiger charge is 2.08. The molecule has 0 saturated carbocycles. The van der Waals surface area contributed by atoms with Gasteiger partial charge >= 0.3 is 0 Å². The molecule has 0 amide bonds. The van der Waals surface area contributed by atoms with Gasteiger partial charge in [-0.25, -0.2) is 4.99 Å². The van der Waals surface area contributed by atoms with E-state index >= 15 is 0 Å². The zero-order valence-corrected chi connectivity index (χ0v) is 18.0. The standard InChI is InChI=1S/C22H31N3O5/c1-5-23-22(25-15-17-7-8-18(27-2)13-20(17)28-3)24-14-16-6-9-19(30-11-10-26)21(12-16)29-4/h6-9,12-13,26H,5,10-11,14-15H2,1-4H3,(H2,23,24,25). The number of nitrogens with zero attached hydrogens (tertiary/aromatic N) is 1. The Bertz CT molecular complexity index is 826. The van der Waals surface area contributed by atoms with Crippen LogP contribution in [-0.4, -0.2) is 52.2 Å². The number of aliphatic imine (C=N–C) groups is 1. The second-order valence-electron chi connectivity index (χ2n) is 6.28. The van der Waals surface area contributed by atoms with Crippen LogP contribution in [-0.2, 0) is 13.1 Å². The fraction of sp³-hybridized carbons (Fsp3) is 0.409. The van der Waals surface area contributed by atoms with Gasteiger partial charge in [0.2, 0.25) is 0 Å². The minimum atomic E-state index is -0.0497. The highest BCUT2D eigenvalue weighted by molar-refractivity contribution is 5.79. The molecule has 0 bridgehead atoms. The van der Waals surface area contributed by atoms with Gasteiger partial charge in [0, 0.05) is 24.7 Å². The lowest BCUT2D eigenvalue weighted by atomic mass is 10.2. The van der Waals surface area contributed by atoms with Gasteiger partial charge in [-0.15, -0.1) is 0 Å². The predicted molar refractivity (Wildman–Crippen MR) is 117 cm³/mol. The van der Waals surface area contributed by atoms with Crippen molar-refractivity contribution in [1.29, 1.82) is 0 Å². The maximum atomic E-state index is 8.92. The van der Waals surface area contributed by atoms with Crippen LogP contribution in [0.25, 0.3) is 0 Å². The summed E-state index contributed by atoms with van der Waals surface area (Å²) < 4.78 is 21.5. The van der Waals surface area contributed by atoms with Gasteiger partial charge in [0.15, 0.2) is 17.5 Å². The molecule has 2 aromatic rings. The quantitative estimate of drug-likeness (QED) is 0.382. The summed E-state index contributed by atoms with van der Waals surface area (Å²) in [4.78, 5) is 4.65. The molecule has 8 heteroatoms. The number of methoxy groups -OCH3 is 3. The molecule has 0 unspecified atom stereocenters. The maximum absolute atomic E-state index is 8.92. The number of rotatable bonds is 11. The number of hydrogen-bond donors (Lipinski definition) is 3. The highest BCUT2D eigenvalue weighted by Crippen LogP contribution is 2.28. The van der Waals surface area contributed by atoms with Crippen molar-refractivity contribution in [2.45, 2.75) is 20.0 Å². The third-order valence-electron chi connectivity index (χ3n) is 4.28. The van der Waals surface area contributed by atoms with E-state index in [1.807, 2.05) is 43.3 Å². The van der Waals surface area contributed by atoms with E-state index in [0.29, 0.717) is 30.5 Å². The van der Waals surface area contributed by atoms with Crippen LogP contribution in [0, 0.1) is 0 Å². The lowest BCUT2D eigenvalue weighted by Gasteiger charge is -2.14. The summed E-state index contributed by atoms with van der Waals surface area (Å²) in [7, 11) is 4.85. The molecular formula is C22H31N3O5. The summed E-state index contributed by atoms with van der Waals surface area (Å²) in [6.45, 7) is 3.94. The normalized spacial score (nSPS) is 11.0. The minimum Gasteiger partial charge on any atom is -0.497 e. The topological polar surface area (TPSA) is 93.6 Å². The van der Waals surface area contributed by atoms with Gasteiger partial charge in [-0.1, -0.05) is 6.07 Å². The number of ether oxygens (including phenoxy) is 4. The van der Waals surface area contributed by atoms with Gasteiger partial charge in [-0.05, 0) is 36.8 Å². The van der Waals surface area contributed by atoms with Crippen molar-refractivity contribution in [2.24, 2.45) is 4.99 Å². The smallest absolute Gasteiger partial charge is 0.191 e. The van der Waals surface area contributed by atoms with Crippen molar-refractivity contribution in [1.82, 2.24) is 10.6 Å². The van der Waals surface area contributed by atoms with Crippen LogP contribution in [0.1, 0.15) is 18.1 Å². The second-order valence-corrected chi connectivity index (χ2v) is 6.28. The van der Waals surface area contributed by atoms with E-state index in [1.54, 1.807) is 21.3 Å². The van der Waals surface area contributed by atoms with Crippen molar-refractivity contribution in [3.05, 3.63) is 47.5 Å². The Morgan fingerprint density at radius 1 is 0.933 bits per heavy atom. The Morgan fingerprint density at radius 2 is 1.73 bits per heavy atom. The largest absolute Gasteiger partial charge is 0.497 e. The van der Waals surface area contributed by atoms with E-state index in [4.69, 9.17) is 24.1 Å². The number of aliphatic hydroxyl groups is 1. The van der Waals surface area contributed by atoms with E-state index in [1.165, 1.54) is 0 Å². The highest BCUT2D eigenvalue weighted by atomic mass is 16.5. The molecule has 0 heterocycles. The molecule has 8 nitrogen and oxygen atoms in total. The van der Waals surface area contributed by atoms with E-state index in [-0.39, 0.29) is 13.2 Å². The first-order valence-corrected chi connectivity index (χ1v) is 9.78. The average Bonchev–Trinajstić information content (AvgIpc) is 2.79. The molecule has 3 N–H and O–H groups in total. The Kier molecular flexibility index (Phi) is 9.60. The first-order valence-electron chi connectivity index (χ1n) is 9.78. The summed E-state index contributed by atoms with van der Waals surface area (Å²) >= 11 is 0. The second kappa shape index (κ2) is 12.4. The van der Waals surface area contributed by atoms with Gasteiger partial charge in [0.1, 0.15) is 18.1 Å². The van der Waals surface area contributed by atoms with Crippen molar-refractivity contribution < 1.29 is 24.1 Å². The number of hydrogen-bond acceptors (Lipinski definition) is 6. The monoisotopic (exact) mass is 417 g/mol. The zero-order chi connectivity index (χ0) is 21.8. The van der Waals surface area contributed by atoms with E-state index < -0.39 is 0 Å². The maximum Gasteiger partial charge on any atom is 0.191 e. The molecular weight excluding hydrogens is 386 g/mol. The summed E-state index contributed by atoms with van der Waals surface area (Å²) in [6.07, 6.45) is 0. The average molecular weight is 418 g/mol. The summed E-state index contributed by atoms with van der Waals surface area (Å²) in [5.74, 6) is 3.39. The van der Waals surface area contributed by atoms with Gasteiger partial charge in [-0.2, -0.15) is 0 Å². The minimum absolute atomic E-state index is 0.0497. The van der Waals surface area contributed by atoms with Gasteiger partial charge in [0.25, 0.3) is 0 Å². The van der Waals surface area contributed by atoms with Crippen molar-refractivity contribution in [2.75, 3.05) is 41.1 Å². The molecule has 0 saturated heterocycles. The molecule has 0 aliphatic carbocycles. The Morgan fingerprint density at radius 3 is 2.40 bits per heavy atom. The molecule has 0 aliphatic heterocycles. The van der Waals surface area contributed by atoms with Crippen LogP contribution in [0.4, 0.5) is 0 Å². The molecule has 0 fully saturated rings. The van der Waals surface area contributed by atoms with Gasteiger partial charge in [0.05, 0.1) is 34.5 Å². The van der Waals surface area contributed by atoms with Crippen molar-refractivity contribution in [3.63, 3.8) is 0 Å². The van der Waals surface area contributed by atoms with E-state index in [9.17, 15) is 0 Å². The van der Waals surface area contributed by atoms with Gasteiger partial charge in [-0.3, -0.25) is 0 Å². The lowest BCUT2D eigenvalue weighted by Crippen LogP contribution is -2.36. The fourth-order valence-electron chi connectivity index (χ4n) is 2.77. The molecule has 0 aliphatic rings. The summed E-state index contributed by atoms with van der Waals surface area (Å²) in [5, 5.41) is 15.5. The SMILES string of the molecule is CCNC(=NCc1ccc(OCCO)c(OC)c1)NCc1ccc(OC)cc1OC. The van der Waals surface area contributed by atoms with Crippen LogP contribution < -0.4 is 29.6 Å². The van der Waals surface area contributed by atoms with Crippen LogP contribution in [0.15, 0.2) is 41.4 Å². The third kappa shape index (κ3) is 6.73.